The van der Waals surface area contributed by atoms with E-state index < -0.39 is 19.9 Å². The lowest BCUT2D eigenvalue weighted by Gasteiger charge is -2.28. The minimum Gasteiger partial charge on any atom is -0.468 e. The van der Waals surface area contributed by atoms with Crippen molar-refractivity contribution in [2.75, 3.05) is 25.1 Å². The van der Waals surface area contributed by atoms with Crippen LogP contribution in [0.2, 0.25) is 0 Å². The van der Waals surface area contributed by atoms with Crippen molar-refractivity contribution in [2.24, 2.45) is 0 Å². The molecule has 0 aliphatic carbocycles. The van der Waals surface area contributed by atoms with Crippen molar-refractivity contribution in [1.82, 2.24) is 19.0 Å². The first-order chi connectivity index (χ1) is 15.0. The number of aromatic nitrogens is 2. The Morgan fingerprint density at radius 3 is 2.62 bits per heavy atom. The lowest BCUT2D eigenvalue weighted by molar-refractivity contribution is -0.134. The van der Waals surface area contributed by atoms with E-state index in [1.54, 1.807) is 30.9 Å². The zero-order valence-corrected chi connectivity index (χ0v) is 20.4. The van der Waals surface area contributed by atoms with Gasteiger partial charge >= 0.3 is 0 Å². The Bertz CT molecular complexity index is 1170. The fourth-order valence-electron chi connectivity index (χ4n) is 4.06. The van der Waals surface area contributed by atoms with Gasteiger partial charge in [-0.3, -0.25) is 9.48 Å². The number of carbonyl (C=O) groups excluding carboxylic acids is 1. The van der Waals surface area contributed by atoms with Crippen LogP contribution in [0.3, 0.4) is 0 Å². The van der Waals surface area contributed by atoms with Crippen molar-refractivity contribution < 1.29 is 26.0 Å². The molecule has 2 aromatic rings. The van der Waals surface area contributed by atoms with Crippen LogP contribution in [0, 0.1) is 13.8 Å². The van der Waals surface area contributed by atoms with E-state index in [0.717, 1.165) is 0 Å². The van der Waals surface area contributed by atoms with Crippen molar-refractivity contribution in [3.63, 3.8) is 0 Å². The van der Waals surface area contributed by atoms with E-state index in [2.05, 4.69) is 5.10 Å². The molecule has 0 spiro atoms. The maximum atomic E-state index is 13.2. The molecule has 3 rings (SSSR count). The molecule has 0 saturated carbocycles. The maximum Gasteiger partial charge on any atom is 0.246 e. The Morgan fingerprint density at radius 2 is 2.06 bits per heavy atom. The lowest BCUT2D eigenvalue weighted by atomic mass is 10.2. The minimum atomic E-state index is -3.87. The Kier molecular flexibility index (Phi) is 7.15. The first-order valence-corrected chi connectivity index (χ1v) is 13.7. The average Bonchev–Trinajstić information content (AvgIpc) is 3.40. The SMILES string of the molecule is CCCN(C(=O)Cn1nc(C)c(S(=O)(=O)N(C)Cc2ccco2)c1C)C1CCS(=O)(=O)C1. The zero-order valence-electron chi connectivity index (χ0n) is 18.8. The molecular formula is C20H30N4O6S2. The van der Waals surface area contributed by atoms with E-state index in [1.807, 2.05) is 6.92 Å². The highest BCUT2D eigenvalue weighted by atomic mass is 32.2. The summed E-state index contributed by atoms with van der Waals surface area (Å²) in [5.74, 6) is 0.283. The highest BCUT2D eigenvalue weighted by molar-refractivity contribution is 7.91. The number of amides is 1. The van der Waals surface area contributed by atoms with Gasteiger partial charge in [0.05, 0.1) is 35.7 Å². The fraction of sp³-hybridized carbons (Fsp3) is 0.600. The molecule has 2 aromatic heterocycles. The lowest BCUT2D eigenvalue weighted by Crippen LogP contribution is -2.43. The van der Waals surface area contributed by atoms with Crippen molar-refractivity contribution in [3.05, 3.63) is 35.5 Å². The van der Waals surface area contributed by atoms with Gasteiger partial charge in [-0.15, -0.1) is 0 Å². The summed E-state index contributed by atoms with van der Waals surface area (Å²) in [6.45, 7) is 5.49. The maximum absolute atomic E-state index is 13.2. The van der Waals surface area contributed by atoms with Crippen LogP contribution >= 0.6 is 0 Å². The summed E-state index contributed by atoms with van der Waals surface area (Å²) in [7, 11) is -5.54. The second-order valence-electron chi connectivity index (χ2n) is 8.14. The van der Waals surface area contributed by atoms with E-state index in [9.17, 15) is 21.6 Å². The molecule has 0 aromatic carbocycles. The number of hydrogen-bond acceptors (Lipinski definition) is 7. The van der Waals surface area contributed by atoms with Crippen LogP contribution in [0.25, 0.3) is 0 Å². The normalized spacial score (nSPS) is 18.3. The van der Waals surface area contributed by atoms with Gasteiger partial charge in [-0.25, -0.2) is 16.8 Å². The van der Waals surface area contributed by atoms with Crippen LogP contribution in [0.15, 0.2) is 27.7 Å². The van der Waals surface area contributed by atoms with Gasteiger partial charge in [0.1, 0.15) is 17.2 Å². The first-order valence-electron chi connectivity index (χ1n) is 10.5. The van der Waals surface area contributed by atoms with Gasteiger partial charge in [-0.05, 0) is 38.8 Å². The van der Waals surface area contributed by atoms with Gasteiger partial charge in [0.15, 0.2) is 9.84 Å². The first kappa shape index (κ1) is 24.5. The molecule has 0 N–H and O–H groups in total. The van der Waals surface area contributed by atoms with Crippen molar-refractivity contribution in [3.8, 4) is 0 Å². The molecule has 1 aliphatic heterocycles. The third-order valence-electron chi connectivity index (χ3n) is 5.66. The van der Waals surface area contributed by atoms with Crippen molar-refractivity contribution in [1.29, 1.82) is 0 Å². The molecule has 0 bridgehead atoms. The number of nitrogens with zero attached hydrogens (tertiary/aromatic N) is 4. The number of carbonyl (C=O) groups is 1. The van der Waals surface area contributed by atoms with E-state index in [1.165, 1.54) is 22.3 Å². The standard InChI is InChI=1S/C20H30N4O6S2/c1-5-9-23(17-8-11-31(26,27)14-17)19(25)13-24-16(3)20(15(2)21-24)32(28,29)22(4)12-18-7-6-10-30-18/h6-7,10,17H,5,8-9,11-14H2,1-4H3. The Hall–Kier alpha value is -2.18. The smallest absolute Gasteiger partial charge is 0.246 e. The number of furan rings is 1. The third kappa shape index (κ3) is 5.07. The molecule has 0 radical (unpaired) electrons. The largest absolute Gasteiger partial charge is 0.468 e. The molecule has 1 fully saturated rings. The summed E-state index contributed by atoms with van der Waals surface area (Å²) in [4.78, 5) is 14.7. The van der Waals surface area contributed by atoms with Crippen LogP contribution in [0.5, 0.6) is 0 Å². The van der Waals surface area contributed by atoms with E-state index in [-0.39, 0.29) is 41.4 Å². The number of sulfonamides is 1. The van der Waals surface area contributed by atoms with Gasteiger partial charge in [-0.2, -0.15) is 9.40 Å². The quantitative estimate of drug-likeness (QED) is 0.524. The second kappa shape index (κ2) is 9.36. The predicted octanol–water partition coefficient (Wildman–Crippen LogP) is 1.34. The van der Waals surface area contributed by atoms with Crippen molar-refractivity contribution >= 4 is 25.8 Å². The molecule has 32 heavy (non-hydrogen) atoms. The van der Waals surface area contributed by atoms with E-state index in [0.29, 0.717) is 36.5 Å². The Balaban J connectivity index is 1.82. The molecule has 178 valence electrons. The predicted molar refractivity (Wildman–Crippen MR) is 118 cm³/mol. The van der Waals surface area contributed by atoms with Gasteiger partial charge in [0.2, 0.25) is 15.9 Å². The third-order valence-corrected chi connectivity index (χ3v) is 9.47. The summed E-state index contributed by atoms with van der Waals surface area (Å²) in [6, 6.07) is 3.03. The van der Waals surface area contributed by atoms with Crippen LogP contribution in [-0.4, -0.2) is 72.9 Å². The van der Waals surface area contributed by atoms with Gasteiger partial charge in [0, 0.05) is 19.6 Å². The number of sulfone groups is 1. The average molecular weight is 487 g/mol. The van der Waals surface area contributed by atoms with Gasteiger partial charge in [0.25, 0.3) is 0 Å². The molecule has 12 heteroatoms. The molecule has 3 heterocycles. The zero-order chi connectivity index (χ0) is 23.7. The van der Waals surface area contributed by atoms with E-state index in [4.69, 9.17) is 4.42 Å². The molecule has 1 atom stereocenters. The van der Waals surface area contributed by atoms with Crippen molar-refractivity contribution in [2.45, 2.75) is 57.6 Å². The van der Waals surface area contributed by atoms with E-state index >= 15 is 0 Å². The minimum absolute atomic E-state index is 0.0347. The van der Waals surface area contributed by atoms with Crippen LogP contribution < -0.4 is 0 Å². The highest BCUT2D eigenvalue weighted by Gasteiger charge is 2.35. The summed E-state index contributed by atoms with van der Waals surface area (Å²) in [5, 5.41) is 4.32. The molecular weight excluding hydrogens is 456 g/mol. The molecule has 1 saturated heterocycles. The summed E-state index contributed by atoms with van der Waals surface area (Å²) in [5.41, 5.74) is 0.657. The summed E-state index contributed by atoms with van der Waals surface area (Å²) in [6.07, 6.45) is 2.59. The summed E-state index contributed by atoms with van der Waals surface area (Å²) < 4.78 is 58.0. The molecule has 1 amide bonds. The molecule has 10 nitrogen and oxygen atoms in total. The Labute approximate surface area is 189 Å². The second-order valence-corrected chi connectivity index (χ2v) is 12.4. The fourth-order valence-corrected chi connectivity index (χ4v) is 7.29. The number of aryl methyl sites for hydroxylation is 1. The number of hydrogen-bond donors (Lipinski definition) is 0. The molecule has 1 unspecified atom stereocenters. The monoisotopic (exact) mass is 486 g/mol. The van der Waals surface area contributed by atoms with Crippen LogP contribution in [-0.2, 0) is 37.7 Å². The highest BCUT2D eigenvalue weighted by Crippen LogP contribution is 2.25. The van der Waals surface area contributed by atoms with Gasteiger partial charge in [-0.1, -0.05) is 6.92 Å². The van der Waals surface area contributed by atoms with Crippen LogP contribution in [0.4, 0.5) is 0 Å². The number of rotatable bonds is 9. The summed E-state index contributed by atoms with van der Waals surface area (Å²) >= 11 is 0. The molecule has 1 aliphatic rings. The Morgan fingerprint density at radius 1 is 1.34 bits per heavy atom. The van der Waals surface area contributed by atoms with Gasteiger partial charge < -0.3 is 9.32 Å². The van der Waals surface area contributed by atoms with Crippen LogP contribution in [0.1, 0.15) is 36.9 Å². The topological polar surface area (TPSA) is 123 Å².